The normalized spacial score (nSPS) is 20.4. The van der Waals surface area contributed by atoms with Crippen LogP contribution >= 0.6 is 0 Å². The average molecular weight is 390 g/mol. The highest BCUT2D eigenvalue weighted by atomic mass is 32.2. The predicted octanol–water partition coefficient (Wildman–Crippen LogP) is 1.77. The minimum Gasteiger partial charge on any atom is -0.307 e. The Bertz CT molecular complexity index is 1280. The van der Waals surface area contributed by atoms with Gasteiger partial charge < -0.3 is 4.90 Å². The molecule has 0 radical (unpaired) electrons. The molecule has 1 unspecified atom stereocenters. The maximum atomic E-state index is 13.5. The molecule has 1 aromatic carbocycles. The molecule has 0 saturated carbocycles. The van der Waals surface area contributed by atoms with Crippen LogP contribution in [0.25, 0.3) is 6.08 Å². The van der Waals surface area contributed by atoms with E-state index in [2.05, 4.69) is 10.1 Å². The van der Waals surface area contributed by atoms with E-state index in [0.29, 0.717) is 23.7 Å². The molecule has 0 spiro atoms. The third-order valence-electron chi connectivity index (χ3n) is 5.04. The second-order valence-electron chi connectivity index (χ2n) is 6.77. The first-order valence-corrected chi connectivity index (χ1v) is 10.5. The van der Waals surface area contributed by atoms with Crippen molar-refractivity contribution in [1.82, 2.24) is 14.1 Å². The number of allylic oxidation sites excluding steroid dienone is 5. The minimum absolute atomic E-state index is 0.0213. The van der Waals surface area contributed by atoms with Crippen molar-refractivity contribution in [3.05, 3.63) is 100 Å². The molecule has 5 rings (SSSR count). The first-order chi connectivity index (χ1) is 13.6. The van der Waals surface area contributed by atoms with Gasteiger partial charge in [0.2, 0.25) is 0 Å². The molecule has 1 atom stereocenters. The summed E-state index contributed by atoms with van der Waals surface area (Å²) in [5, 5.41) is 5.53. The van der Waals surface area contributed by atoms with Gasteiger partial charge in [0.25, 0.3) is 10.0 Å². The van der Waals surface area contributed by atoms with Crippen LogP contribution in [0.4, 0.5) is 0 Å². The van der Waals surface area contributed by atoms with Gasteiger partial charge in [-0.3, -0.25) is 4.99 Å². The van der Waals surface area contributed by atoms with Crippen LogP contribution in [0.15, 0.2) is 88.8 Å². The van der Waals surface area contributed by atoms with Gasteiger partial charge in [0.05, 0.1) is 12.7 Å². The largest absolute Gasteiger partial charge is 0.307 e. The molecule has 0 fully saturated rings. The summed E-state index contributed by atoms with van der Waals surface area (Å²) in [5.41, 5.74) is 1.95. The van der Waals surface area contributed by atoms with Gasteiger partial charge in [-0.1, -0.05) is 42.5 Å². The van der Waals surface area contributed by atoms with Gasteiger partial charge >= 0.3 is 0 Å². The topological polar surface area (TPSA) is 67.6 Å². The van der Waals surface area contributed by atoms with Crippen LogP contribution in [-0.4, -0.2) is 29.0 Å². The second-order valence-corrected chi connectivity index (χ2v) is 8.48. The Morgan fingerprint density at radius 3 is 2.79 bits per heavy atom. The van der Waals surface area contributed by atoms with Crippen LogP contribution in [-0.2, 0) is 10.0 Å². The van der Waals surface area contributed by atoms with Gasteiger partial charge in [0.1, 0.15) is 10.7 Å². The molecule has 6 nitrogen and oxygen atoms in total. The van der Waals surface area contributed by atoms with Crippen LogP contribution in [0.1, 0.15) is 17.9 Å². The van der Waals surface area contributed by atoms with Crippen molar-refractivity contribution in [2.75, 3.05) is 6.54 Å². The Kier molecular flexibility index (Phi) is 3.91. The van der Waals surface area contributed by atoms with Gasteiger partial charge in [-0.25, -0.2) is 0 Å². The van der Waals surface area contributed by atoms with Crippen molar-refractivity contribution in [3.8, 4) is 0 Å². The van der Waals surface area contributed by atoms with Crippen LogP contribution < -0.4 is 10.7 Å². The van der Waals surface area contributed by atoms with Crippen LogP contribution in [0.2, 0.25) is 0 Å². The molecule has 4 heterocycles. The number of nitrogens with zero attached hydrogens (tertiary/aromatic N) is 4. The summed E-state index contributed by atoms with van der Waals surface area (Å²) in [4.78, 5) is 6.25. The Labute approximate surface area is 162 Å². The second kappa shape index (κ2) is 6.45. The molecule has 0 amide bonds. The first-order valence-electron chi connectivity index (χ1n) is 9.10. The first kappa shape index (κ1) is 16.9. The van der Waals surface area contributed by atoms with Crippen molar-refractivity contribution >= 4 is 16.1 Å². The zero-order valence-electron chi connectivity index (χ0n) is 15.0. The van der Waals surface area contributed by atoms with Crippen LogP contribution in [0, 0.1) is 0 Å². The summed E-state index contributed by atoms with van der Waals surface area (Å²) in [6.07, 6.45) is 15.1. The zero-order chi connectivity index (χ0) is 19.1. The average Bonchev–Trinajstić information content (AvgIpc) is 3.18. The van der Waals surface area contributed by atoms with Crippen molar-refractivity contribution in [2.24, 2.45) is 4.99 Å². The molecular weight excluding hydrogens is 372 g/mol. The number of benzene rings is 1. The van der Waals surface area contributed by atoms with Gasteiger partial charge in [-0.15, -0.1) is 0 Å². The maximum absolute atomic E-state index is 13.5. The van der Waals surface area contributed by atoms with Gasteiger partial charge in [0, 0.05) is 17.8 Å². The highest BCUT2D eigenvalue weighted by molar-refractivity contribution is 7.93. The molecule has 140 valence electrons. The van der Waals surface area contributed by atoms with Crippen molar-refractivity contribution in [2.45, 2.75) is 12.3 Å². The molecule has 28 heavy (non-hydrogen) atoms. The lowest BCUT2D eigenvalue weighted by Crippen LogP contribution is -2.40. The van der Waals surface area contributed by atoms with Gasteiger partial charge in [-0.05, 0) is 36.3 Å². The lowest BCUT2D eigenvalue weighted by atomic mass is 9.98. The third kappa shape index (κ3) is 2.66. The molecular formula is C21H18N4O2S. The molecule has 0 N–H and O–H groups in total. The predicted molar refractivity (Wildman–Crippen MR) is 107 cm³/mol. The van der Waals surface area contributed by atoms with E-state index in [1.165, 1.54) is 6.20 Å². The summed E-state index contributed by atoms with van der Waals surface area (Å²) >= 11 is 0. The summed E-state index contributed by atoms with van der Waals surface area (Å²) in [5.74, 6) is 0.0213. The SMILES string of the molecule is O=S(=O)(C1=CCC=C2C=CC=CN21)n1ncc2c1=CC(c1ccccc1)CN=2. The molecule has 0 saturated heterocycles. The smallest absolute Gasteiger partial charge is 0.299 e. The number of rotatable bonds is 3. The van der Waals surface area contributed by atoms with E-state index in [1.807, 2.05) is 60.7 Å². The fourth-order valence-corrected chi connectivity index (χ4v) is 5.14. The lowest BCUT2D eigenvalue weighted by Gasteiger charge is -2.28. The molecule has 2 aromatic rings. The molecule has 7 heteroatoms. The number of hydrogen-bond acceptors (Lipinski definition) is 5. The van der Waals surface area contributed by atoms with E-state index >= 15 is 0 Å². The van der Waals surface area contributed by atoms with Crippen molar-refractivity contribution in [3.63, 3.8) is 0 Å². The number of fused-ring (bicyclic) bond motifs is 2. The Morgan fingerprint density at radius 2 is 1.93 bits per heavy atom. The summed E-state index contributed by atoms with van der Waals surface area (Å²) < 4.78 is 28.0. The third-order valence-corrected chi connectivity index (χ3v) is 6.68. The van der Waals surface area contributed by atoms with Gasteiger partial charge in [-0.2, -0.15) is 17.6 Å². The fourth-order valence-electron chi connectivity index (χ4n) is 3.66. The van der Waals surface area contributed by atoms with E-state index in [4.69, 9.17) is 0 Å². The van der Waals surface area contributed by atoms with E-state index in [-0.39, 0.29) is 10.9 Å². The van der Waals surface area contributed by atoms with E-state index in [1.54, 1.807) is 17.2 Å². The van der Waals surface area contributed by atoms with E-state index < -0.39 is 10.0 Å². The summed E-state index contributed by atoms with van der Waals surface area (Å²) in [6, 6.07) is 9.98. The van der Waals surface area contributed by atoms with E-state index in [9.17, 15) is 8.42 Å². The summed E-state index contributed by atoms with van der Waals surface area (Å²) in [7, 11) is -3.86. The number of hydrogen-bond donors (Lipinski definition) is 0. The summed E-state index contributed by atoms with van der Waals surface area (Å²) in [6.45, 7) is 0.581. The van der Waals surface area contributed by atoms with E-state index in [0.717, 1.165) is 15.3 Å². The minimum atomic E-state index is -3.86. The Hall–Kier alpha value is -3.19. The lowest BCUT2D eigenvalue weighted by molar-refractivity contribution is 0.546. The highest BCUT2D eigenvalue weighted by Gasteiger charge is 2.30. The van der Waals surface area contributed by atoms with Crippen molar-refractivity contribution < 1.29 is 8.42 Å². The van der Waals surface area contributed by atoms with Crippen LogP contribution in [0.5, 0.6) is 0 Å². The molecule has 0 bridgehead atoms. The van der Waals surface area contributed by atoms with Crippen LogP contribution in [0.3, 0.4) is 0 Å². The monoisotopic (exact) mass is 390 g/mol. The molecule has 3 aliphatic heterocycles. The quantitative estimate of drug-likeness (QED) is 0.801. The van der Waals surface area contributed by atoms with Crippen molar-refractivity contribution in [1.29, 1.82) is 0 Å². The van der Waals surface area contributed by atoms with Gasteiger partial charge in [0.15, 0.2) is 5.03 Å². The molecule has 0 aliphatic carbocycles. The molecule has 3 aliphatic rings. The zero-order valence-corrected chi connectivity index (χ0v) is 15.8. The Morgan fingerprint density at radius 1 is 1.07 bits per heavy atom. The number of aromatic nitrogens is 2. The highest BCUT2D eigenvalue weighted by Crippen LogP contribution is 2.28. The fraction of sp³-hybridized carbons (Fsp3) is 0.143. The maximum Gasteiger partial charge on any atom is 0.299 e. The standard InChI is InChI=1S/C21H18N4O2S/c26-28(27,21-11-6-10-18-9-4-5-12-24(18)21)25-20-13-17(14-22-19(20)15-23-25)16-7-2-1-3-8-16/h1-5,7-13,15,17H,6,14H2. The molecule has 1 aromatic heterocycles. The Balaban J connectivity index is 1.61.